The quantitative estimate of drug-likeness (QED) is 0.645. The standard InChI is InChI=1S/C7H10N4O/c1-8-7(12)9-5-6-3-2-4-10-11-6/h2-4H,5H2,1H3,(H2,8,9,12). The lowest BCUT2D eigenvalue weighted by atomic mass is 10.4. The Kier molecular flexibility index (Phi) is 3.01. The molecular formula is C7H10N4O. The molecule has 5 nitrogen and oxygen atoms in total. The molecule has 0 aliphatic heterocycles. The summed E-state index contributed by atoms with van der Waals surface area (Å²) in [6, 6.07) is 3.34. The van der Waals surface area contributed by atoms with Gasteiger partial charge in [0.1, 0.15) is 0 Å². The average molecular weight is 166 g/mol. The minimum absolute atomic E-state index is 0.222. The number of carbonyl (C=O) groups is 1. The molecule has 1 aromatic heterocycles. The van der Waals surface area contributed by atoms with Crippen molar-refractivity contribution in [2.75, 3.05) is 7.05 Å². The SMILES string of the molecule is CNC(=O)NCc1cccnn1. The van der Waals surface area contributed by atoms with Gasteiger partial charge in [-0.3, -0.25) is 0 Å². The molecule has 0 radical (unpaired) electrons. The first kappa shape index (κ1) is 8.45. The summed E-state index contributed by atoms with van der Waals surface area (Å²) in [5.41, 5.74) is 0.737. The Morgan fingerprint density at radius 2 is 2.50 bits per heavy atom. The fourth-order valence-electron chi connectivity index (χ4n) is 0.687. The summed E-state index contributed by atoms with van der Waals surface area (Å²) >= 11 is 0. The molecule has 0 saturated heterocycles. The minimum atomic E-state index is -0.222. The number of nitrogens with one attached hydrogen (secondary N) is 2. The Morgan fingerprint density at radius 3 is 3.08 bits per heavy atom. The Morgan fingerprint density at radius 1 is 1.67 bits per heavy atom. The lowest BCUT2D eigenvalue weighted by Crippen LogP contribution is -2.32. The van der Waals surface area contributed by atoms with Gasteiger partial charge in [-0.25, -0.2) is 4.79 Å². The summed E-state index contributed by atoms with van der Waals surface area (Å²) in [6.45, 7) is 0.396. The van der Waals surface area contributed by atoms with Gasteiger partial charge < -0.3 is 10.6 Å². The maximum absolute atomic E-state index is 10.7. The van der Waals surface area contributed by atoms with Crippen molar-refractivity contribution in [3.8, 4) is 0 Å². The average Bonchev–Trinajstić information content (AvgIpc) is 2.16. The van der Waals surface area contributed by atoms with E-state index in [9.17, 15) is 4.79 Å². The van der Waals surface area contributed by atoms with Crippen LogP contribution in [0, 0.1) is 0 Å². The molecule has 1 rings (SSSR count). The van der Waals surface area contributed by atoms with Crippen molar-refractivity contribution in [1.82, 2.24) is 20.8 Å². The van der Waals surface area contributed by atoms with Gasteiger partial charge in [0.25, 0.3) is 0 Å². The molecular weight excluding hydrogens is 156 g/mol. The van der Waals surface area contributed by atoms with Crippen LogP contribution in [0.2, 0.25) is 0 Å². The normalized spacial score (nSPS) is 9.08. The molecule has 0 spiro atoms. The third-order valence-corrected chi connectivity index (χ3v) is 1.28. The van der Waals surface area contributed by atoms with Crippen molar-refractivity contribution in [3.05, 3.63) is 24.0 Å². The van der Waals surface area contributed by atoms with Gasteiger partial charge >= 0.3 is 6.03 Å². The van der Waals surface area contributed by atoms with Crippen molar-refractivity contribution < 1.29 is 4.79 Å². The zero-order valence-electron chi connectivity index (χ0n) is 6.74. The molecule has 12 heavy (non-hydrogen) atoms. The van der Waals surface area contributed by atoms with Crippen LogP contribution in [0.3, 0.4) is 0 Å². The van der Waals surface area contributed by atoms with Crippen LogP contribution < -0.4 is 10.6 Å². The first-order chi connectivity index (χ1) is 5.83. The molecule has 0 aromatic carbocycles. The number of nitrogens with zero attached hydrogens (tertiary/aromatic N) is 2. The maximum Gasteiger partial charge on any atom is 0.314 e. The largest absolute Gasteiger partial charge is 0.341 e. The van der Waals surface area contributed by atoms with Crippen LogP contribution in [-0.4, -0.2) is 23.3 Å². The number of amides is 2. The summed E-state index contributed by atoms with van der Waals surface area (Å²) < 4.78 is 0. The Hall–Kier alpha value is -1.65. The molecule has 0 bridgehead atoms. The molecule has 0 atom stereocenters. The molecule has 0 unspecified atom stereocenters. The summed E-state index contributed by atoms with van der Waals surface area (Å²) in [4.78, 5) is 10.7. The predicted molar refractivity (Wildman–Crippen MR) is 43.3 cm³/mol. The predicted octanol–water partition coefficient (Wildman–Crippen LogP) is -0.0944. The maximum atomic E-state index is 10.7. The van der Waals surface area contributed by atoms with E-state index in [0.29, 0.717) is 6.54 Å². The second kappa shape index (κ2) is 4.27. The van der Waals surface area contributed by atoms with Crippen molar-refractivity contribution in [2.24, 2.45) is 0 Å². The van der Waals surface area contributed by atoms with Gasteiger partial charge in [0.15, 0.2) is 0 Å². The van der Waals surface area contributed by atoms with Gasteiger partial charge in [0.05, 0.1) is 12.2 Å². The minimum Gasteiger partial charge on any atom is -0.341 e. The monoisotopic (exact) mass is 166 g/mol. The number of rotatable bonds is 2. The van der Waals surface area contributed by atoms with Crippen LogP contribution in [0.25, 0.3) is 0 Å². The van der Waals surface area contributed by atoms with E-state index >= 15 is 0 Å². The van der Waals surface area contributed by atoms with E-state index in [1.54, 1.807) is 25.4 Å². The van der Waals surface area contributed by atoms with Crippen LogP contribution in [0.4, 0.5) is 4.79 Å². The summed E-state index contributed by atoms with van der Waals surface area (Å²) in [5, 5.41) is 12.5. The van der Waals surface area contributed by atoms with Crippen molar-refractivity contribution >= 4 is 6.03 Å². The highest BCUT2D eigenvalue weighted by Gasteiger charge is 1.96. The summed E-state index contributed by atoms with van der Waals surface area (Å²) in [7, 11) is 1.56. The smallest absolute Gasteiger partial charge is 0.314 e. The Labute approximate surface area is 70.2 Å². The van der Waals surface area contributed by atoms with E-state index in [-0.39, 0.29) is 6.03 Å². The molecule has 0 aliphatic rings. The Bertz CT molecular complexity index is 249. The molecule has 64 valence electrons. The zero-order valence-corrected chi connectivity index (χ0v) is 6.74. The lowest BCUT2D eigenvalue weighted by molar-refractivity contribution is 0.242. The highest BCUT2D eigenvalue weighted by atomic mass is 16.2. The van der Waals surface area contributed by atoms with Gasteiger partial charge in [0.2, 0.25) is 0 Å². The van der Waals surface area contributed by atoms with Gasteiger partial charge in [0, 0.05) is 13.2 Å². The van der Waals surface area contributed by atoms with Crippen molar-refractivity contribution in [3.63, 3.8) is 0 Å². The van der Waals surface area contributed by atoms with Crippen molar-refractivity contribution in [1.29, 1.82) is 0 Å². The first-order valence-electron chi connectivity index (χ1n) is 3.55. The van der Waals surface area contributed by atoms with E-state index in [1.807, 2.05) is 0 Å². The molecule has 0 aliphatic carbocycles. The summed E-state index contributed by atoms with van der Waals surface area (Å²) in [5.74, 6) is 0. The van der Waals surface area contributed by atoms with E-state index in [4.69, 9.17) is 0 Å². The molecule has 1 heterocycles. The van der Waals surface area contributed by atoms with Crippen LogP contribution in [0.5, 0.6) is 0 Å². The van der Waals surface area contributed by atoms with Crippen LogP contribution >= 0.6 is 0 Å². The van der Waals surface area contributed by atoms with E-state index in [2.05, 4.69) is 20.8 Å². The summed E-state index contributed by atoms with van der Waals surface area (Å²) in [6.07, 6.45) is 1.59. The van der Waals surface area contributed by atoms with E-state index < -0.39 is 0 Å². The second-order valence-corrected chi connectivity index (χ2v) is 2.15. The number of aromatic nitrogens is 2. The van der Waals surface area contributed by atoms with E-state index in [1.165, 1.54) is 0 Å². The fourth-order valence-corrected chi connectivity index (χ4v) is 0.687. The molecule has 0 fully saturated rings. The molecule has 2 N–H and O–H groups in total. The number of carbonyl (C=O) groups excluding carboxylic acids is 1. The fraction of sp³-hybridized carbons (Fsp3) is 0.286. The van der Waals surface area contributed by atoms with Gasteiger partial charge in [-0.05, 0) is 12.1 Å². The molecule has 5 heteroatoms. The number of hydrogen-bond donors (Lipinski definition) is 2. The lowest BCUT2D eigenvalue weighted by Gasteiger charge is -2.01. The highest BCUT2D eigenvalue weighted by Crippen LogP contribution is 1.88. The highest BCUT2D eigenvalue weighted by molar-refractivity contribution is 5.73. The Balaban J connectivity index is 2.38. The molecule has 2 amide bonds. The third kappa shape index (κ3) is 2.53. The van der Waals surface area contributed by atoms with Crippen LogP contribution in [0.15, 0.2) is 18.3 Å². The first-order valence-corrected chi connectivity index (χ1v) is 3.55. The van der Waals surface area contributed by atoms with Crippen LogP contribution in [-0.2, 0) is 6.54 Å². The second-order valence-electron chi connectivity index (χ2n) is 2.15. The van der Waals surface area contributed by atoms with Crippen LogP contribution in [0.1, 0.15) is 5.69 Å². The molecule has 0 saturated carbocycles. The molecule has 1 aromatic rings. The number of urea groups is 1. The van der Waals surface area contributed by atoms with E-state index in [0.717, 1.165) is 5.69 Å². The van der Waals surface area contributed by atoms with Crippen molar-refractivity contribution in [2.45, 2.75) is 6.54 Å². The van der Waals surface area contributed by atoms with Gasteiger partial charge in [-0.2, -0.15) is 10.2 Å². The van der Waals surface area contributed by atoms with Gasteiger partial charge in [-0.15, -0.1) is 0 Å². The third-order valence-electron chi connectivity index (χ3n) is 1.28. The van der Waals surface area contributed by atoms with Gasteiger partial charge in [-0.1, -0.05) is 0 Å². The topological polar surface area (TPSA) is 66.9 Å². The zero-order chi connectivity index (χ0) is 8.81. The number of hydrogen-bond acceptors (Lipinski definition) is 3.